The van der Waals surface area contributed by atoms with E-state index in [1.54, 1.807) is 18.2 Å². The number of amides is 3. The number of carbonyl (C=O) groups excluding carboxylic acids is 3. The highest BCUT2D eigenvalue weighted by Gasteiger charge is 2.32. The van der Waals surface area contributed by atoms with Crippen molar-refractivity contribution in [1.29, 1.82) is 0 Å². The molecule has 16 nitrogen and oxygen atoms in total. The quantitative estimate of drug-likeness (QED) is 0.200. The zero-order chi connectivity index (χ0) is 32.5. The molecule has 2 aromatic heterocycles. The Morgan fingerprint density at radius 1 is 1.07 bits per heavy atom. The van der Waals surface area contributed by atoms with E-state index in [9.17, 15) is 22.8 Å². The molecule has 1 aromatic carbocycles. The molecule has 0 unspecified atom stereocenters. The second-order valence-corrected chi connectivity index (χ2v) is 13.8. The van der Waals surface area contributed by atoms with Gasteiger partial charge in [-0.1, -0.05) is 11.2 Å². The number of carbonyl (C=O) groups is 3. The summed E-state index contributed by atoms with van der Waals surface area (Å²) in [5.41, 5.74) is 1.04. The van der Waals surface area contributed by atoms with Crippen LogP contribution in [0.15, 0.2) is 28.8 Å². The number of piperazine rings is 1. The summed E-state index contributed by atoms with van der Waals surface area (Å²) in [6.45, 7) is 0.693. The molecule has 5 rings (SSSR count). The Balaban J connectivity index is 1.41. The van der Waals surface area contributed by atoms with Crippen LogP contribution in [0.5, 0.6) is 5.75 Å². The van der Waals surface area contributed by atoms with Gasteiger partial charge in [0, 0.05) is 38.2 Å². The van der Waals surface area contributed by atoms with E-state index < -0.39 is 27.1 Å². The molecule has 3 heterocycles. The molecular formula is C25H32B3N9O7S. The van der Waals surface area contributed by atoms with Crippen molar-refractivity contribution in [2.24, 2.45) is 5.92 Å². The van der Waals surface area contributed by atoms with Gasteiger partial charge in [-0.05, 0) is 30.2 Å². The molecule has 2 fully saturated rings. The summed E-state index contributed by atoms with van der Waals surface area (Å²) in [6.07, 6.45) is 2.75. The zero-order valence-electron chi connectivity index (χ0n) is 25.6. The molecule has 0 bridgehead atoms. The Morgan fingerprint density at radius 2 is 1.78 bits per heavy atom. The van der Waals surface area contributed by atoms with Crippen LogP contribution in [0.25, 0.3) is 11.4 Å². The normalized spacial score (nSPS) is 15.7. The lowest BCUT2D eigenvalue weighted by Gasteiger charge is -2.32. The number of methoxy groups -OCH3 is 1. The standard InChI is InChI=1S/C25H32B3N9O7S/c1-43-19-14(20-31-23(44-35-20)24(40)36-8-10-37(11-9-36)45(2,41)42)4-3-5-15(19)29-16-12-17(30-21(38)13-6-7-13)33-34-18(16)22(39)32-25(26,27)28/h3-5,12-13H,6-11,26-28H2,1-2H3,(H,32,39)(H2,29,30,33,38). The monoisotopic (exact) mass is 635 g/mol. The van der Waals surface area contributed by atoms with Crippen LogP contribution in [-0.2, 0) is 14.8 Å². The molecule has 1 saturated carbocycles. The molecule has 234 valence electrons. The van der Waals surface area contributed by atoms with Crippen molar-refractivity contribution < 1.29 is 32.1 Å². The molecule has 20 heteroatoms. The van der Waals surface area contributed by atoms with Gasteiger partial charge in [-0.25, -0.2) is 8.42 Å². The molecular weight excluding hydrogens is 603 g/mol. The van der Waals surface area contributed by atoms with Crippen molar-refractivity contribution in [2.75, 3.05) is 50.2 Å². The van der Waals surface area contributed by atoms with Crippen LogP contribution in [0.4, 0.5) is 17.2 Å². The van der Waals surface area contributed by atoms with Crippen LogP contribution in [0.1, 0.15) is 34.0 Å². The van der Waals surface area contributed by atoms with E-state index in [4.69, 9.17) is 9.26 Å². The van der Waals surface area contributed by atoms with Crippen LogP contribution in [-0.4, -0.2) is 124 Å². The number of hydrogen-bond acceptors (Lipinski definition) is 12. The highest BCUT2D eigenvalue weighted by molar-refractivity contribution is 7.88. The van der Waals surface area contributed by atoms with Gasteiger partial charge in [0.1, 0.15) is 23.5 Å². The first-order chi connectivity index (χ1) is 21.2. The number of nitrogens with one attached hydrogen (secondary N) is 3. The van der Waals surface area contributed by atoms with E-state index in [1.165, 1.54) is 22.4 Å². The molecule has 1 saturated heterocycles. The van der Waals surface area contributed by atoms with Crippen molar-refractivity contribution >= 4 is 68.5 Å². The van der Waals surface area contributed by atoms with Crippen LogP contribution >= 0.6 is 0 Å². The fourth-order valence-electron chi connectivity index (χ4n) is 4.64. The molecule has 0 atom stereocenters. The van der Waals surface area contributed by atoms with Crippen LogP contribution in [0, 0.1) is 5.92 Å². The van der Waals surface area contributed by atoms with Gasteiger partial charge in [0.05, 0.1) is 30.3 Å². The molecule has 1 aliphatic carbocycles. The Kier molecular flexibility index (Phi) is 8.89. The number of ether oxygens (including phenoxy) is 1. The van der Waals surface area contributed by atoms with E-state index >= 15 is 0 Å². The highest BCUT2D eigenvalue weighted by atomic mass is 32.2. The van der Waals surface area contributed by atoms with Gasteiger partial charge < -0.3 is 30.1 Å². The minimum Gasteiger partial charge on any atom is -0.494 e. The molecule has 45 heavy (non-hydrogen) atoms. The average Bonchev–Trinajstić information content (AvgIpc) is 3.72. The number of nitrogens with zero attached hydrogens (tertiary/aromatic N) is 6. The summed E-state index contributed by atoms with van der Waals surface area (Å²) < 4.78 is 35.9. The molecule has 3 N–H and O–H groups in total. The molecule has 0 spiro atoms. The van der Waals surface area contributed by atoms with Crippen molar-refractivity contribution in [3.05, 3.63) is 35.9 Å². The maximum Gasteiger partial charge on any atom is 0.316 e. The number of sulfonamides is 1. The van der Waals surface area contributed by atoms with Crippen molar-refractivity contribution in [1.82, 2.24) is 34.9 Å². The predicted molar refractivity (Wildman–Crippen MR) is 171 cm³/mol. The van der Waals surface area contributed by atoms with Gasteiger partial charge in [0.25, 0.3) is 5.91 Å². The number of rotatable bonds is 10. The molecule has 1 aliphatic heterocycles. The minimum absolute atomic E-state index is 0.00906. The van der Waals surface area contributed by atoms with Crippen molar-refractivity contribution in [3.8, 4) is 17.1 Å². The SMILES string of the molecule is BC(B)(B)NC(=O)c1nnc(NC(=O)C2CC2)cc1Nc1cccc(-c2noc(C(=O)N3CCN(S(C)(=O)=O)CC3)n2)c1OC. The average molecular weight is 635 g/mol. The van der Waals surface area contributed by atoms with Crippen LogP contribution in [0.3, 0.4) is 0 Å². The van der Waals surface area contributed by atoms with Gasteiger partial charge in [-0.15, -0.1) is 10.2 Å². The van der Waals surface area contributed by atoms with Gasteiger partial charge >= 0.3 is 11.8 Å². The molecule has 3 aromatic rings. The Bertz CT molecular complexity index is 1740. The maximum atomic E-state index is 13.2. The van der Waals surface area contributed by atoms with Gasteiger partial charge in [0.15, 0.2) is 17.3 Å². The number of anilines is 3. The first kappa shape index (κ1) is 32.0. The van der Waals surface area contributed by atoms with Crippen molar-refractivity contribution in [3.63, 3.8) is 0 Å². The Labute approximate surface area is 262 Å². The summed E-state index contributed by atoms with van der Waals surface area (Å²) in [7, 11) is 3.59. The van der Waals surface area contributed by atoms with E-state index in [0.29, 0.717) is 11.3 Å². The third-order valence-electron chi connectivity index (χ3n) is 7.03. The van der Waals surface area contributed by atoms with Crippen molar-refractivity contribution in [2.45, 2.75) is 18.1 Å². The number of hydrogen-bond donors (Lipinski definition) is 3. The topological polar surface area (TPSA) is 202 Å². The van der Waals surface area contributed by atoms with E-state index in [2.05, 4.69) is 36.3 Å². The van der Waals surface area contributed by atoms with Crippen LogP contribution < -0.4 is 20.7 Å². The predicted octanol–water partition coefficient (Wildman–Crippen LogP) is -2.41. The second-order valence-electron chi connectivity index (χ2n) is 11.8. The maximum absolute atomic E-state index is 13.2. The summed E-state index contributed by atoms with van der Waals surface area (Å²) >= 11 is 0. The summed E-state index contributed by atoms with van der Waals surface area (Å²) in [5, 5.41) is 20.4. The molecule has 3 amide bonds. The summed E-state index contributed by atoms with van der Waals surface area (Å²) in [5.74, 6) is -0.954. The lowest BCUT2D eigenvalue weighted by atomic mass is 9.49. The Hall–Kier alpha value is -4.45. The van der Waals surface area contributed by atoms with Crippen LogP contribution in [0.2, 0.25) is 0 Å². The molecule has 0 radical (unpaired) electrons. The third-order valence-corrected chi connectivity index (χ3v) is 8.33. The lowest BCUT2D eigenvalue weighted by molar-refractivity contribution is -0.117. The number of para-hydroxylation sites is 1. The van der Waals surface area contributed by atoms with E-state index in [0.717, 1.165) is 19.1 Å². The van der Waals surface area contributed by atoms with E-state index in [-0.39, 0.29) is 72.7 Å². The summed E-state index contributed by atoms with van der Waals surface area (Å²) in [6, 6.07) is 6.59. The van der Waals surface area contributed by atoms with E-state index in [1.807, 2.05) is 23.5 Å². The lowest BCUT2D eigenvalue weighted by Crippen LogP contribution is -2.50. The summed E-state index contributed by atoms with van der Waals surface area (Å²) in [4.78, 5) is 44.3. The minimum atomic E-state index is -3.35. The smallest absolute Gasteiger partial charge is 0.316 e. The number of aromatic nitrogens is 4. The molecule has 2 aliphatic rings. The largest absolute Gasteiger partial charge is 0.494 e. The Morgan fingerprint density at radius 3 is 2.40 bits per heavy atom. The fraction of sp³-hybridized carbons (Fsp3) is 0.400. The zero-order valence-corrected chi connectivity index (χ0v) is 26.4. The third kappa shape index (κ3) is 7.62. The highest BCUT2D eigenvalue weighted by Crippen LogP contribution is 2.37. The number of benzene rings is 1. The van der Waals surface area contributed by atoms with Gasteiger partial charge in [-0.2, -0.15) is 9.29 Å². The fourth-order valence-corrected chi connectivity index (χ4v) is 5.47. The first-order valence-electron chi connectivity index (χ1n) is 14.3. The van der Waals surface area contributed by atoms with Gasteiger partial charge in [-0.3, -0.25) is 14.4 Å². The first-order valence-corrected chi connectivity index (χ1v) is 16.1. The van der Waals surface area contributed by atoms with Gasteiger partial charge in [0.2, 0.25) is 21.8 Å². The second kappa shape index (κ2) is 12.5.